The van der Waals surface area contributed by atoms with Crippen LogP contribution in [0.3, 0.4) is 0 Å². The Labute approximate surface area is 108 Å². The average molecular weight is 254 g/mol. The van der Waals surface area contributed by atoms with Crippen LogP contribution in [0.25, 0.3) is 0 Å². The molecule has 0 bridgehead atoms. The Hall–Kier alpha value is -0.870. The molecule has 1 aromatic rings. The van der Waals surface area contributed by atoms with Crippen molar-refractivity contribution in [2.24, 2.45) is 0 Å². The van der Waals surface area contributed by atoms with Gasteiger partial charge in [-0.25, -0.2) is 0 Å². The van der Waals surface area contributed by atoms with Gasteiger partial charge < -0.3 is 5.32 Å². The zero-order chi connectivity index (χ0) is 12.8. The molecule has 17 heavy (non-hydrogen) atoms. The average Bonchev–Trinajstić information content (AvgIpc) is 2.70. The Morgan fingerprint density at radius 3 is 2.82 bits per heavy atom. The molecule has 0 saturated carbocycles. The number of amides is 1. The SMILES string of the molecule is CCCNC(=O)C(C)N(C)Cc1sccc1C. The Morgan fingerprint density at radius 1 is 1.59 bits per heavy atom. The van der Waals surface area contributed by atoms with Gasteiger partial charge in [0.25, 0.3) is 0 Å². The van der Waals surface area contributed by atoms with Crippen molar-refractivity contribution in [3.05, 3.63) is 21.9 Å². The van der Waals surface area contributed by atoms with Crippen LogP contribution in [0, 0.1) is 6.92 Å². The number of rotatable bonds is 6. The van der Waals surface area contributed by atoms with Crippen LogP contribution in [0.15, 0.2) is 11.4 Å². The molecule has 0 fully saturated rings. The van der Waals surface area contributed by atoms with Crippen LogP contribution in [-0.4, -0.2) is 30.4 Å². The van der Waals surface area contributed by atoms with Crippen molar-refractivity contribution in [1.82, 2.24) is 10.2 Å². The molecule has 3 nitrogen and oxygen atoms in total. The molecule has 4 heteroatoms. The lowest BCUT2D eigenvalue weighted by molar-refractivity contribution is -0.125. The van der Waals surface area contributed by atoms with Crippen LogP contribution in [0.1, 0.15) is 30.7 Å². The Morgan fingerprint density at radius 2 is 2.29 bits per heavy atom. The summed E-state index contributed by atoms with van der Waals surface area (Å²) < 4.78 is 0. The van der Waals surface area contributed by atoms with Crippen LogP contribution in [-0.2, 0) is 11.3 Å². The lowest BCUT2D eigenvalue weighted by atomic mass is 10.2. The van der Waals surface area contributed by atoms with Crippen molar-refractivity contribution in [3.63, 3.8) is 0 Å². The molecule has 0 aliphatic carbocycles. The second-order valence-electron chi connectivity index (χ2n) is 4.41. The van der Waals surface area contributed by atoms with Crippen molar-refractivity contribution < 1.29 is 4.79 Å². The highest BCUT2D eigenvalue weighted by atomic mass is 32.1. The number of carbonyl (C=O) groups excluding carboxylic acids is 1. The Bertz CT molecular complexity index is 362. The highest BCUT2D eigenvalue weighted by Crippen LogP contribution is 2.18. The summed E-state index contributed by atoms with van der Waals surface area (Å²) in [6.07, 6.45) is 0.978. The third kappa shape index (κ3) is 4.13. The van der Waals surface area contributed by atoms with E-state index in [1.165, 1.54) is 10.4 Å². The fraction of sp³-hybridized carbons (Fsp3) is 0.615. The minimum absolute atomic E-state index is 0.0805. The van der Waals surface area contributed by atoms with Crippen LogP contribution in [0.2, 0.25) is 0 Å². The highest BCUT2D eigenvalue weighted by molar-refractivity contribution is 7.10. The molecule has 1 N–H and O–H groups in total. The first-order chi connectivity index (χ1) is 8.06. The Balaban J connectivity index is 2.49. The topological polar surface area (TPSA) is 32.3 Å². The molecule has 1 atom stereocenters. The molecule has 1 unspecified atom stereocenters. The largest absolute Gasteiger partial charge is 0.355 e. The van der Waals surface area contributed by atoms with E-state index in [1.54, 1.807) is 11.3 Å². The van der Waals surface area contributed by atoms with Crippen LogP contribution in [0.4, 0.5) is 0 Å². The van der Waals surface area contributed by atoms with E-state index in [9.17, 15) is 4.79 Å². The van der Waals surface area contributed by atoms with E-state index in [4.69, 9.17) is 0 Å². The second kappa shape index (κ2) is 6.77. The minimum atomic E-state index is -0.0805. The van der Waals surface area contributed by atoms with Crippen LogP contribution in [0.5, 0.6) is 0 Å². The first-order valence-corrected chi connectivity index (χ1v) is 6.95. The monoisotopic (exact) mass is 254 g/mol. The number of hydrogen-bond acceptors (Lipinski definition) is 3. The molecule has 0 aliphatic rings. The molecule has 0 aromatic carbocycles. The van der Waals surface area contributed by atoms with E-state index in [-0.39, 0.29) is 11.9 Å². The molecule has 0 saturated heterocycles. The maximum absolute atomic E-state index is 11.8. The summed E-state index contributed by atoms with van der Waals surface area (Å²) in [6, 6.07) is 2.04. The van der Waals surface area contributed by atoms with Gasteiger partial charge in [-0.3, -0.25) is 9.69 Å². The van der Waals surface area contributed by atoms with Crippen molar-refractivity contribution >= 4 is 17.2 Å². The van der Waals surface area contributed by atoms with Gasteiger partial charge in [0.05, 0.1) is 6.04 Å². The van der Waals surface area contributed by atoms with Crippen LogP contribution >= 0.6 is 11.3 Å². The van der Waals surface area contributed by atoms with E-state index in [0.29, 0.717) is 0 Å². The first kappa shape index (κ1) is 14.2. The van der Waals surface area contributed by atoms with E-state index in [0.717, 1.165) is 19.5 Å². The van der Waals surface area contributed by atoms with Gasteiger partial charge in [-0.1, -0.05) is 6.92 Å². The third-order valence-corrected chi connectivity index (χ3v) is 3.96. The lowest BCUT2D eigenvalue weighted by Crippen LogP contribution is -2.43. The molecule has 96 valence electrons. The zero-order valence-electron chi connectivity index (χ0n) is 11.1. The van der Waals surface area contributed by atoms with Gasteiger partial charge in [-0.15, -0.1) is 11.3 Å². The van der Waals surface area contributed by atoms with Gasteiger partial charge in [0.15, 0.2) is 0 Å². The standard InChI is InChI=1S/C13H22N2OS/c1-5-7-14-13(16)11(3)15(4)9-12-10(2)6-8-17-12/h6,8,11H,5,7,9H2,1-4H3,(H,14,16). The number of nitrogens with zero attached hydrogens (tertiary/aromatic N) is 1. The number of aryl methyl sites for hydroxylation is 1. The van der Waals surface area contributed by atoms with Gasteiger partial charge in [-0.05, 0) is 44.3 Å². The predicted molar refractivity (Wildman–Crippen MR) is 73.3 cm³/mol. The quantitative estimate of drug-likeness (QED) is 0.845. The first-order valence-electron chi connectivity index (χ1n) is 6.07. The van der Waals surface area contributed by atoms with Gasteiger partial charge in [0.2, 0.25) is 5.91 Å². The summed E-state index contributed by atoms with van der Waals surface area (Å²) in [5.74, 6) is 0.114. The number of carbonyl (C=O) groups is 1. The summed E-state index contributed by atoms with van der Waals surface area (Å²) in [6.45, 7) is 7.72. The number of hydrogen-bond donors (Lipinski definition) is 1. The minimum Gasteiger partial charge on any atom is -0.355 e. The van der Waals surface area contributed by atoms with E-state index >= 15 is 0 Å². The van der Waals surface area contributed by atoms with Gasteiger partial charge in [-0.2, -0.15) is 0 Å². The summed E-state index contributed by atoms with van der Waals surface area (Å²) in [4.78, 5) is 15.2. The maximum Gasteiger partial charge on any atom is 0.237 e. The fourth-order valence-electron chi connectivity index (χ4n) is 1.53. The molecule has 0 radical (unpaired) electrons. The Kier molecular flexibility index (Phi) is 5.65. The van der Waals surface area contributed by atoms with E-state index < -0.39 is 0 Å². The van der Waals surface area contributed by atoms with E-state index in [2.05, 4.69) is 35.5 Å². The smallest absolute Gasteiger partial charge is 0.237 e. The second-order valence-corrected chi connectivity index (χ2v) is 5.41. The fourth-order valence-corrected chi connectivity index (χ4v) is 2.49. The molecule has 1 rings (SSSR count). The highest BCUT2D eigenvalue weighted by Gasteiger charge is 2.18. The summed E-state index contributed by atoms with van der Waals surface area (Å²) in [5, 5.41) is 5.03. The number of likely N-dealkylation sites (N-methyl/N-ethyl adjacent to an activating group) is 1. The molecule has 0 spiro atoms. The molecule has 1 heterocycles. The molecule has 0 aliphatic heterocycles. The summed E-state index contributed by atoms with van der Waals surface area (Å²) in [7, 11) is 2.00. The number of thiophene rings is 1. The van der Waals surface area contributed by atoms with Crippen molar-refractivity contribution in [2.75, 3.05) is 13.6 Å². The molecular weight excluding hydrogens is 232 g/mol. The molecule has 1 aromatic heterocycles. The van der Waals surface area contributed by atoms with Gasteiger partial charge in [0.1, 0.15) is 0 Å². The third-order valence-electron chi connectivity index (χ3n) is 2.95. The predicted octanol–water partition coefficient (Wildman–Crippen LogP) is 2.40. The van der Waals surface area contributed by atoms with E-state index in [1.807, 2.05) is 14.0 Å². The molecule has 1 amide bonds. The van der Waals surface area contributed by atoms with Crippen molar-refractivity contribution in [3.8, 4) is 0 Å². The number of nitrogens with one attached hydrogen (secondary N) is 1. The van der Waals surface area contributed by atoms with Crippen LogP contribution < -0.4 is 5.32 Å². The van der Waals surface area contributed by atoms with Gasteiger partial charge in [0, 0.05) is 18.0 Å². The van der Waals surface area contributed by atoms with Crippen molar-refractivity contribution in [2.45, 2.75) is 39.8 Å². The summed E-state index contributed by atoms with van der Waals surface area (Å²) >= 11 is 1.75. The summed E-state index contributed by atoms with van der Waals surface area (Å²) in [5.41, 5.74) is 1.31. The normalized spacial score (nSPS) is 12.8. The maximum atomic E-state index is 11.8. The van der Waals surface area contributed by atoms with Gasteiger partial charge >= 0.3 is 0 Å². The zero-order valence-corrected chi connectivity index (χ0v) is 11.9. The lowest BCUT2D eigenvalue weighted by Gasteiger charge is -2.23. The van der Waals surface area contributed by atoms with Crippen molar-refractivity contribution in [1.29, 1.82) is 0 Å². The molecular formula is C13H22N2OS.